The van der Waals surface area contributed by atoms with Crippen molar-refractivity contribution in [2.45, 2.75) is 19.2 Å². The van der Waals surface area contributed by atoms with Gasteiger partial charge >= 0.3 is 12.1 Å². The van der Waals surface area contributed by atoms with Crippen LogP contribution in [0.5, 0.6) is 5.75 Å². The molecule has 0 atom stereocenters. The molecule has 0 radical (unpaired) electrons. The average Bonchev–Trinajstić information content (AvgIpc) is 3.42. The van der Waals surface area contributed by atoms with Crippen molar-refractivity contribution in [3.63, 3.8) is 0 Å². The molecule has 1 N–H and O–H groups in total. The summed E-state index contributed by atoms with van der Waals surface area (Å²) in [6.07, 6.45) is -3.85. The van der Waals surface area contributed by atoms with E-state index >= 15 is 0 Å². The molecule has 0 fully saturated rings. The summed E-state index contributed by atoms with van der Waals surface area (Å²) in [4.78, 5) is 26.3. The van der Waals surface area contributed by atoms with E-state index in [0.717, 1.165) is 11.3 Å². The van der Waals surface area contributed by atoms with Crippen LogP contribution in [0.2, 0.25) is 0 Å². The van der Waals surface area contributed by atoms with Crippen molar-refractivity contribution in [1.82, 2.24) is 4.90 Å². The first kappa shape index (κ1) is 24.7. The van der Waals surface area contributed by atoms with Gasteiger partial charge in [0.1, 0.15) is 17.2 Å². The molecule has 0 spiro atoms. The highest BCUT2D eigenvalue weighted by atomic mass is 32.1. The molecule has 0 saturated heterocycles. The van der Waals surface area contributed by atoms with Crippen LogP contribution < -0.4 is 9.64 Å². The minimum Gasteiger partial charge on any atom is -0.488 e. The molecule has 0 bridgehead atoms. The third kappa shape index (κ3) is 5.83. The number of nitrogens with zero attached hydrogens (tertiary/aromatic N) is 2. The number of halogens is 3. The second-order valence-electron chi connectivity index (χ2n) is 8.26. The van der Waals surface area contributed by atoms with E-state index in [-0.39, 0.29) is 31.2 Å². The molecule has 1 amide bonds. The van der Waals surface area contributed by atoms with Gasteiger partial charge in [-0.1, -0.05) is 30.3 Å². The summed E-state index contributed by atoms with van der Waals surface area (Å²) in [7, 11) is 1.57. The zero-order chi connectivity index (χ0) is 25.2. The lowest BCUT2D eigenvalue weighted by Gasteiger charge is -2.21. The molecule has 0 unspecified atom stereocenters. The molecular formula is C25H23F3N2O4S. The molecule has 4 rings (SSSR count). The van der Waals surface area contributed by atoms with Crippen molar-refractivity contribution < 1.29 is 32.6 Å². The highest BCUT2D eigenvalue weighted by Crippen LogP contribution is 2.43. The lowest BCUT2D eigenvalue weighted by Crippen LogP contribution is -2.39. The van der Waals surface area contributed by atoms with E-state index in [9.17, 15) is 22.8 Å². The molecule has 1 aliphatic rings. The average molecular weight is 505 g/mol. The summed E-state index contributed by atoms with van der Waals surface area (Å²) >= 11 is 0.671. The number of hydrogen-bond acceptors (Lipinski definition) is 5. The molecule has 10 heteroatoms. The predicted molar refractivity (Wildman–Crippen MR) is 127 cm³/mol. The first-order valence-corrected chi connectivity index (χ1v) is 11.6. The molecule has 6 nitrogen and oxygen atoms in total. The number of carbonyl (C=O) groups excluding carboxylic acids is 1. The Morgan fingerprint density at radius 2 is 1.86 bits per heavy atom. The number of alkyl halides is 3. The number of rotatable bonds is 8. The maximum atomic E-state index is 13.6. The van der Waals surface area contributed by atoms with Crippen molar-refractivity contribution >= 4 is 28.9 Å². The van der Waals surface area contributed by atoms with E-state index in [4.69, 9.17) is 9.84 Å². The van der Waals surface area contributed by atoms with Crippen molar-refractivity contribution in [2.24, 2.45) is 0 Å². The van der Waals surface area contributed by atoms with E-state index in [1.807, 2.05) is 0 Å². The Morgan fingerprint density at radius 3 is 2.54 bits per heavy atom. The standard InChI is InChI=1S/C25H23F3N2O4S/c1-29(14-23(32)33)13-22(31)30-10-9-17-11-18(7-8-21(17)30)34-15-19-12-20(16-5-3-2-4-6-16)24(35-19)25(26,27)28/h2-8,11-12H,9-10,13-15H2,1H3,(H,32,33). The topological polar surface area (TPSA) is 70.1 Å². The summed E-state index contributed by atoms with van der Waals surface area (Å²) in [5.74, 6) is -0.704. The molecule has 35 heavy (non-hydrogen) atoms. The van der Waals surface area contributed by atoms with E-state index in [1.54, 1.807) is 60.5 Å². The summed E-state index contributed by atoms with van der Waals surface area (Å²) < 4.78 is 46.6. The number of carboxylic acid groups (broad SMARTS) is 1. The largest absolute Gasteiger partial charge is 0.488 e. The quantitative estimate of drug-likeness (QED) is 0.472. The molecule has 0 aliphatic carbocycles. The van der Waals surface area contributed by atoms with Gasteiger partial charge in [0.05, 0.1) is 13.1 Å². The highest BCUT2D eigenvalue weighted by Gasteiger charge is 2.36. The maximum Gasteiger partial charge on any atom is 0.426 e. The number of likely N-dealkylation sites (N-methyl/N-ethyl adjacent to an activating group) is 1. The normalized spacial score (nSPS) is 13.2. The maximum absolute atomic E-state index is 13.6. The number of thiophene rings is 1. The predicted octanol–water partition coefficient (Wildman–Crippen LogP) is 4.92. The first-order valence-electron chi connectivity index (χ1n) is 10.8. The Balaban J connectivity index is 1.45. The zero-order valence-electron chi connectivity index (χ0n) is 18.8. The van der Waals surface area contributed by atoms with Crippen LogP contribution in [0.4, 0.5) is 18.9 Å². The van der Waals surface area contributed by atoms with Crippen LogP contribution in [0.1, 0.15) is 15.3 Å². The lowest BCUT2D eigenvalue weighted by atomic mass is 10.1. The summed E-state index contributed by atoms with van der Waals surface area (Å²) in [6, 6.07) is 15.2. The van der Waals surface area contributed by atoms with Crippen molar-refractivity contribution in [3.05, 3.63) is 69.9 Å². The highest BCUT2D eigenvalue weighted by molar-refractivity contribution is 7.12. The number of ether oxygens (including phenoxy) is 1. The van der Waals surface area contributed by atoms with Gasteiger partial charge < -0.3 is 14.7 Å². The van der Waals surface area contributed by atoms with Gasteiger partial charge in [0.2, 0.25) is 5.91 Å². The molecular weight excluding hydrogens is 481 g/mol. The molecule has 2 aromatic carbocycles. The van der Waals surface area contributed by atoms with Crippen LogP contribution in [-0.2, 0) is 28.8 Å². The van der Waals surface area contributed by atoms with E-state index in [0.29, 0.717) is 40.5 Å². The van der Waals surface area contributed by atoms with Gasteiger partial charge in [-0.2, -0.15) is 13.2 Å². The summed E-state index contributed by atoms with van der Waals surface area (Å²) in [5.41, 5.74) is 2.26. The number of carbonyl (C=O) groups is 2. The molecule has 0 saturated carbocycles. The zero-order valence-corrected chi connectivity index (χ0v) is 19.7. The Bertz CT molecular complexity index is 1230. The van der Waals surface area contributed by atoms with Gasteiger partial charge in [-0.25, -0.2) is 0 Å². The number of hydrogen-bond donors (Lipinski definition) is 1. The third-order valence-corrected chi connectivity index (χ3v) is 6.72. The number of carboxylic acids is 1. The number of aliphatic carboxylic acids is 1. The van der Waals surface area contributed by atoms with Crippen LogP contribution >= 0.6 is 11.3 Å². The smallest absolute Gasteiger partial charge is 0.426 e. The van der Waals surface area contributed by atoms with Crippen LogP contribution in [-0.4, -0.2) is 48.6 Å². The van der Waals surface area contributed by atoms with Crippen LogP contribution in [0.25, 0.3) is 11.1 Å². The Labute approximate surface area is 204 Å². The van der Waals surface area contributed by atoms with Crippen molar-refractivity contribution in [1.29, 1.82) is 0 Å². The SMILES string of the molecule is CN(CC(=O)O)CC(=O)N1CCc2cc(OCc3cc(-c4ccccc4)c(C(F)(F)F)s3)ccc21. The molecule has 184 valence electrons. The van der Waals surface area contributed by atoms with Gasteiger partial charge in [0.25, 0.3) is 0 Å². The summed E-state index contributed by atoms with van der Waals surface area (Å²) in [5, 5.41) is 8.86. The van der Waals surface area contributed by atoms with Crippen molar-refractivity contribution in [2.75, 3.05) is 31.6 Å². The van der Waals surface area contributed by atoms with Gasteiger partial charge in [-0.15, -0.1) is 11.3 Å². The third-order valence-electron chi connectivity index (χ3n) is 5.56. The monoisotopic (exact) mass is 504 g/mol. The number of fused-ring (bicyclic) bond motifs is 1. The van der Waals surface area contributed by atoms with Gasteiger partial charge in [-0.3, -0.25) is 14.5 Å². The van der Waals surface area contributed by atoms with E-state index < -0.39 is 17.0 Å². The van der Waals surface area contributed by atoms with Gasteiger partial charge in [0, 0.05) is 22.7 Å². The fourth-order valence-corrected chi connectivity index (χ4v) is 5.00. The second-order valence-corrected chi connectivity index (χ2v) is 9.40. The van der Waals surface area contributed by atoms with Crippen molar-refractivity contribution in [3.8, 4) is 16.9 Å². The first-order chi connectivity index (χ1) is 16.6. The minimum atomic E-state index is -4.46. The van der Waals surface area contributed by atoms with E-state index in [1.165, 1.54) is 11.0 Å². The van der Waals surface area contributed by atoms with Crippen LogP contribution in [0.15, 0.2) is 54.6 Å². The lowest BCUT2D eigenvalue weighted by molar-refractivity contribution is -0.138. The van der Waals surface area contributed by atoms with Crippen LogP contribution in [0, 0.1) is 0 Å². The van der Waals surface area contributed by atoms with E-state index in [2.05, 4.69) is 0 Å². The van der Waals surface area contributed by atoms with Gasteiger partial charge in [0.15, 0.2) is 0 Å². The number of benzene rings is 2. The molecule has 2 heterocycles. The van der Waals surface area contributed by atoms with Crippen LogP contribution in [0.3, 0.4) is 0 Å². The Morgan fingerprint density at radius 1 is 1.11 bits per heavy atom. The number of amides is 1. The second kappa shape index (κ2) is 10.1. The fraction of sp³-hybridized carbons (Fsp3) is 0.280. The Kier molecular flexibility index (Phi) is 7.13. The number of anilines is 1. The molecule has 1 aliphatic heterocycles. The summed E-state index contributed by atoms with van der Waals surface area (Å²) in [6.45, 7) is 0.207. The fourth-order valence-electron chi connectivity index (χ4n) is 4.04. The Hall–Kier alpha value is -3.37. The molecule has 3 aromatic rings. The minimum absolute atomic E-state index is 0.0119. The van der Waals surface area contributed by atoms with Gasteiger partial charge in [-0.05, 0) is 48.9 Å². The molecule has 1 aromatic heterocycles.